The molecule has 0 saturated heterocycles. The molecule has 1 aromatic carbocycles. The summed E-state index contributed by atoms with van der Waals surface area (Å²) in [5.41, 5.74) is 2.88. The molecule has 2 rings (SSSR count). The van der Waals surface area contributed by atoms with Crippen molar-refractivity contribution in [3.63, 3.8) is 0 Å². The van der Waals surface area contributed by atoms with Crippen LogP contribution < -0.4 is 15.5 Å². The number of nitrogens with zero attached hydrogens (tertiary/aromatic N) is 1. The SMILES string of the molecule is CCC(=O)Nc1ccc(C)c(NC(=O)Cn2c(C)csc2=O)c1. The number of amides is 2. The summed E-state index contributed by atoms with van der Waals surface area (Å²) >= 11 is 1.07. The molecular formula is C16H19N3O3S. The molecule has 7 heteroatoms. The van der Waals surface area contributed by atoms with E-state index >= 15 is 0 Å². The van der Waals surface area contributed by atoms with E-state index in [0.717, 1.165) is 22.6 Å². The predicted molar refractivity (Wildman–Crippen MR) is 92.0 cm³/mol. The molecule has 0 aliphatic heterocycles. The molecule has 0 aliphatic rings. The molecule has 2 aromatic rings. The summed E-state index contributed by atoms with van der Waals surface area (Å²) in [7, 11) is 0. The van der Waals surface area contributed by atoms with Crippen LogP contribution in [0.2, 0.25) is 0 Å². The number of anilines is 2. The van der Waals surface area contributed by atoms with Crippen LogP contribution in [-0.4, -0.2) is 16.4 Å². The van der Waals surface area contributed by atoms with Crippen molar-refractivity contribution in [3.8, 4) is 0 Å². The standard InChI is InChI=1S/C16H19N3O3S/c1-4-14(20)17-12-6-5-10(2)13(7-12)18-15(21)8-19-11(3)9-23-16(19)22/h5-7,9H,4,8H2,1-3H3,(H,17,20)(H,18,21). The normalized spacial score (nSPS) is 10.4. The lowest BCUT2D eigenvalue weighted by Gasteiger charge is -2.12. The maximum atomic E-state index is 12.2. The summed E-state index contributed by atoms with van der Waals surface area (Å²) in [6, 6.07) is 5.32. The molecule has 0 atom stereocenters. The van der Waals surface area contributed by atoms with Crippen LogP contribution in [0.4, 0.5) is 11.4 Å². The molecule has 23 heavy (non-hydrogen) atoms. The van der Waals surface area contributed by atoms with Gasteiger partial charge in [-0.2, -0.15) is 0 Å². The first-order valence-electron chi connectivity index (χ1n) is 7.26. The minimum Gasteiger partial charge on any atom is -0.326 e. The van der Waals surface area contributed by atoms with Gasteiger partial charge < -0.3 is 10.6 Å². The Labute approximate surface area is 138 Å². The van der Waals surface area contributed by atoms with Gasteiger partial charge in [0.15, 0.2) is 0 Å². The van der Waals surface area contributed by atoms with Gasteiger partial charge in [0.2, 0.25) is 11.8 Å². The van der Waals surface area contributed by atoms with Gasteiger partial charge in [-0.3, -0.25) is 19.0 Å². The van der Waals surface area contributed by atoms with Gasteiger partial charge in [0.1, 0.15) is 6.54 Å². The van der Waals surface area contributed by atoms with Crippen LogP contribution in [0, 0.1) is 13.8 Å². The largest absolute Gasteiger partial charge is 0.326 e. The number of rotatable bonds is 5. The van der Waals surface area contributed by atoms with Gasteiger partial charge >= 0.3 is 4.87 Å². The zero-order chi connectivity index (χ0) is 17.0. The summed E-state index contributed by atoms with van der Waals surface area (Å²) in [6.07, 6.45) is 0.385. The van der Waals surface area contributed by atoms with Crippen molar-refractivity contribution in [2.75, 3.05) is 10.6 Å². The van der Waals surface area contributed by atoms with E-state index in [4.69, 9.17) is 0 Å². The maximum absolute atomic E-state index is 12.2. The average Bonchev–Trinajstić information content (AvgIpc) is 2.82. The third-order valence-electron chi connectivity index (χ3n) is 3.39. The Hall–Kier alpha value is -2.41. The van der Waals surface area contributed by atoms with E-state index in [0.29, 0.717) is 17.8 Å². The van der Waals surface area contributed by atoms with Gasteiger partial charge in [-0.25, -0.2) is 0 Å². The fourth-order valence-corrected chi connectivity index (χ4v) is 2.75. The van der Waals surface area contributed by atoms with Crippen LogP contribution >= 0.6 is 11.3 Å². The van der Waals surface area contributed by atoms with E-state index in [1.807, 2.05) is 13.0 Å². The Morgan fingerprint density at radius 3 is 2.52 bits per heavy atom. The van der Waals surface area contributed by atoms with Gasteiger partial charge in [-0.1, -0.05) is 24.3 Å². The van der Waals surface area contributed by atoms with E-state index in [9.17, 15) is 14.4 Å². The Morgan fingerprint density at radius 1 is 1.17 bits per heavy atom. The Balaban J connectivity index is 2.12. The number of aromatic nitrogens is 1. The third-order valence-corrected chi connectivity index (χ3v) is 4.28. The van der Waals surface area contributed by atoms with Crippen molar-refractivity contribution in [3.05, 3.63) is 44.5 Å². The first-order valence-corrected chi connectivity index (χ1v) is 8.14. The Kier molecular flexibility index (Phi) is 5.33. The predicted octanol–water partition coefficient (Wildman–Crippen LogP) is 2.51. The number of aryl methyl sites for hydroxylation is 2. The molecule has 0 saturated carbocycles. The highest BCUT2D eigenvalue weighted by Crippen LogP contribution is 2.20. The molecule has 2 N–H and O–H groups in total. The van der Waals surface area contributed by atoms with Crippen LogP contribution in [0.15, 0.2) is 28.4 Å². The molecule has 122 valence electrons. The van der Waals surface area contributed by atoms with Crippen molar-refractivity contribution in [1.82, 2.24) is 4.57 Å². The number of benzene rings is 1. The van der Waals surface area contributed by atoms with Crippen molar-refractivity contribution in [2.45, 2.75) is 33.7 Å². The number of hydrogen-bond acceptors (Lipinski definition) is 4. The second-order valence-electron chi connectivity index (χ2n) is 5.21. The monoisotopic (exact) mass is 333 g/mol. The zero-order valence-electron chi connectivity index (χ0n) is 13.3. The van der Waals surface area contributed by atoms with E-state index in [-0.39, 0.29) is 23.2 Å². The van der Waals surface area contributed by atoms with Crippen LogP contribution in [-0.2, 0) is 16.1 Å². The van der Waals surface area contributed by atoms with E-state index in [1.165, 1.54) is 4.57 Å². The minimum absolute atomic E-state index is 0.0286. The summed E-state index contributed by atoms with van der Waals surface area (Å²) in [6.45, 7) is 5.40. The van der Waals surface area contributed by atoms with Crippen molar-refractivity contribution in [2.24, 2.45) is 0 Å². The van der Waals surface area contributed by atoms with Gasteiger partial charge in [0, 0.05) is 28.9 Å². The van der Waals surface area contributed by atoms with E-state index in [1.54, 1.807) is 31.4 Å². The number of carbonyl (C=O) groups is 2. The first kappa shape index (κ1) is 17.0. The third kappa shape index (κ3) is 4.29. The lowest BCUT2D eigenvalue weighted by molar-refractivity contribution is -0.117. The fourth-order valence-electron chi connectivity index (χ4n) is 2.01. The summed E-state index contributed by atoms with van der Waals surface area (Å²) in [5.74, 6) is -0.373. The Morgan fingerprint density at radius 2 is 1.91 bits per heavy atom. The van der Waals surface area contributed by atoms with E-state index in [2.05, 4.69) is 10.6 Å². The topological polar surface area (TPSA) is 80.2 Å². The fraction of sp³-hybridized carbons (Fsp3) is 0.312. The molecule has 0 fully saturated rings. The smallest absolute Gasteiger partial charge is 0.307 e. The van der Waals surface area contributed by atoms with E-state index < -0.39 is 0 Å². The molecule has 0 spiro atoms. The summed E-state index contributed by atoms with van der Waals surface area (Å²) < 4.78 is 1.43. The van der Waals surface area contributed by atoms with Crippen LogP contribution in [0.3, 0.4) is 0 Å². The van der Waals surface area contributed by atoms with Crippen molar-refractivity contribution >= 4 is 34.5 Å². The van der Waals surface area contributed by atoms with Gasteiger partial charge in [0.05, 0.1) is 0 Å². The zero-order valence-corrected chi connectivity index (χ0v) is 14.1. The lowest BCUT2D eigenvalue weighted by Crippen LogP contribution is -2.25. The molecule has 1 heterocycles. The molecule has 0 aliphatic carbocycles. The highest BCUT2D eigenvalue weighted by Gasteiger charge is 2.10. The quantitative estimate of drug-likeness (QED) is 0.882. The summed E-state index contributed by atoms with van der Waals surface area (Å²) in [5, 5.41) is 7.27. The summed E-state index contributed by atoms with van der Waals surface area (Å²) in [4.78, 5) is 35.1. The average molecular weight is 333 g/mol. The van der Waals surface area contributed by atoms with Gasteiger partial charge in [-0.15, -0.1) is 0 Å². The van der Waals surface area contributed by atoms with Crippen molar-refractivity contribution < 1.29 is 9.59 Å². The molecule has 0 radical (unpaired) electrons. The number of carbonyl (C=O) groups excluding carboxylic acids is 2. The molecule has 6 nitrogen and oxygen atoms in total. The number of hydrogen-bond donors (Lipinski definition) is 2. The number of nitrogens with one attached hydrogen (secondary N) is 2. The molecular weight excluding hydrogens is 314 g/mol. The molecule has 0 bridgehead atoms. The molecule has 2 amide bonds. The van der Waals surface area contributed by atoms with Gasteiger partial charge in [0.25, 0.3) is 0 Å². The highest BCUT2D eigenvalue weighted by atomic mass is 32.1. The molecule has 1 aromatic heterocycles. The van der Waals surface area contributed by atoms with Gasteiger partial charge in [-0.05, 0) is 31.5 Å². The van der Waals surface area contributed by atoms with Crippen LogP contribution in [0.1, 0.15) is 24.6 Å². The second kappa shape index (κ2) is 7.23. The lowest BCUT2D eigenvalue weighted by atomic mass is 10.1. The minimum atomic E-state index is -0.282. The molecule has 0 unspecified atom stereocenters. The Bertz CT molecular complexity index is 792. The number of thiazole rings is 1. The maximum Gasteiger partial charge on any atom is 0.307 e. The second-order valence-corrected chi connectivity index (χ2v) is 6.03. The highest BCUT2D eigenvalue weighted by molar-refractivity contribution is 7.07. The first-order chi connectivity index (χ1) is 10.9. The van der Waals surface area contributed by atoms with Crippen molar-refractivity contribution in [1.29, 1.82) is 0 Å². The van der Waals surface area contributed by atoms with Crippen LogP contribution in [0.5, 0.6) is 0 Å². The van der Waals surface area contributed by atoms with Crippen LogP contribution in [0.25, 0.3) is 0 Å².